The zero-order chi connectivity index (χ0) is 17.4. The predicted molar refractivity (Wildman–Crippen MR) is 89.8 cm³/mol. The molecule has 0 atom stereocenters. The maximum Gasteiger partial charge on any atom is 0.339 e. The second-order valence-corrected chi connectivity index (χ2v) is 6.36. The van der Waals surface area contributed by atoms with E-state index in [-0.39, 0.29) is 5.56 Å². The molecular weight excluding hydrogens is 320 g/mol. The quantitative estimate of drug-likeness (QED) is 0.781. The van der Waals surface area contributed by atoms with Gasteiger partial charge in [-0.05, 0) is 44.0 Å². The van der Waals surface area contributed by atoms with Crippen molar-refractivity contribution in [1.82, 2.24) is 19.9 Å². The predicted octanol–water partition coefficient (Wildman–Crippen LogP) is 3.59. The molecule has 4 rings (SSSR count). The molecule has 0 radical (unpaired) electrons. The van der Waals surface area contributed by atoms with Gasteiger partial charge < -0.3 is 9.63 Å². The summed E-state index contributed by atoms with van der Waals surface area (Å²) >= 11 is 0. The highest BCUT2D eigenvalue weighted by atomic mass is 16.5. The van der Waals surface area contributed by atoms with Crippen molar-refractivity contribution in [1.29, 1.82) is 0 Å². The molecule has 0 amide bonds. The fourth-order valence-electron chi connectivity index (χ4n) is 3.26. The molecule has 2 aromatic heterocycles. The molecule has 1 aliphatic rings. The van der Waals surface area contributed by atoms with E-state index in [1.54, 1.807) is 11.6 Å². The molecule has 2 heterocycles. The van der Waals surface area contributed by atoms with Gasteiger partial charge in [0, 0.05) is 17.7 Å². The van der Waals surface area contributed by atoms with Gasteiger partial charge in [-0.3, -0.25) is 0 Å². The number of rotatable bonds is 4. The Kier molecular flexibility index (Phi) is 3.83. The summed E-state index contributed by atoms with van der Waals surface area (Å²) in [5, 5.41) is 17.5. The van der Waals surface area contributed by atoms with Gasteiger partial charge in [0.2, 0.25) is 11.7 Å². The molecule has 0 unspecified atom stereocenters. The fraction of sp³-hybridized carbons (Fsp3) is 0.333. The Morgan fingerprint density at radius 1 is 1.24 bits per heavy atom. The molecule has 1 N–H and O–H groups in total. The maximum atomic E-state index is 11.1. The van der Waals surface area contributed by atoms with Crippen molar-refractivity contribution in [3.8, 4) is 17.1 Å². The van der Waals surface area contributed by atoms with Gasteiger partial charge in [-0.25, -0.2) is 9.48 Å². The summed E-state index contributed by atoms with van der Waals surface area (Å²) in [6.45, 7) is 1.68. The van der Waals surface area contributed by atoms with Gasteiger partial charge in [0.05, 0.1) is 11.4 Å². The summed E-state index contributed by atoms with van der Waals surface area (Å²) in [7, 11) is 0. The molecule has 0 saturated heterocycles. The van der Waals surface area contributed by atoms with Crippen molar-refractivity contribution in [2.45, 2.75) is 38.5 Å². The average Bonchev–Trinajstić information content (AvgIpc) is 3.35. The van der Waals surface area contributed by atoms with Crippen molar-refractivity contribution in [3.63, 3.8) is 0 Å². The number of aryl methyl sites for hydroxylation is 1. The van der Waals surface area contributed by atoms with Gasteiger partial charge >= 0.3 is 5.97 Å². The lowest BCUT2D eigenvalue weighted by Gasteiger charge is -2.02. The summed E-state index contributed by atoms with van der Waals surface area (Å²) in [6, 6.07) is 7.49. The fourth-order valence-corrected chi connectivity index (χ4v) is 3.26. The minimum Gasteiger partial charge on any atom is -0.478 e. The van der Waals surface area contributed by atoms with Gasteiger partial charge in [-0.2, -0.15) is 10.1 Å². The number of nitrogens with zero attached hydrogens (tertiary/aromatic N) is 4. The highest BCUT2D eigenvalue weighted by Crippen LogP contribution is 2.33. The van der Waals surface area contributed by atoms with E-state index in [9.17, 15) is 4.79 Å². The molecule has 1 saturated carbocycles. The molecule has 25 heavy (non-hydrogen) atoms. The monoisotopic (exact) mass is 338 g/mol. The van der Waals surface area contributed by atoms with Crippen LogP contribution in [0.4, 0.5) is 0 Å². The third kappa shape index (κ3) is 2.93. The van der Waals surface area contributed by atoms with Crippen LogP contribution in [-0.2, 0) is 0 Å². The molecule has 7 nitrogen and oxygen atoms in total. The molecule has 0 spiro atoms. The number of carboxylic acids is 1. The third-order valence-electron chi connectivity index (χ3n) is 4.67. The van der Waals surface area contributed by atoms with Crippen LogP contribution in [0.15, 0.2) is 35.0 Å². The zero-order valence-electron chi connectivity index (χ0n) is 13.8. The van der Waals surface area contributed by atoms with Gasteiger partial charge in [0.25, 0.3) is 0 Å². The maximum absolute atomic E-state index is 11.1. The lowest BCUT2D eigenvalue weighted by atomic mass is 10.1. The topological polar surface area (TPSA) is 94.0 Å². The molecule has 7 heteroatoms. The SMILES string of the molecule is Cc1nn(-c2ccc(-c3noc(C4CCCC4)n3)cc2)cc1C(=O)O. The van der Waals surface area contributed by atoms with Crippen molar-refractivity contribution in [2.24, 2.45) is 0 Å². The minimum absolute atomic E-state index is 0.198. The zero-order valence-corrected chi connectivity index (χ0v) is 13.8. The van der Waals surface area contributed by atoms with E-state index in [1.165, 1.54) is 19.0 Å². The van der Waals surface area contributed by atoms with Gasteiger partial charge in [0.1, 0.15) is 5.56 Å². The Balaban J connectivity index is 1.58. The Morgan fingerprint density at radius 3 is 2.60 bits per heavy atom. The van der Waals surface area contributed by atoms with Crippen molar-refractivity contribution < 1.29 is 14.4 Å². The largest absolute Gasteiger partial charge is 0.478 e. The highest BCUT2D eigenvalue weighted by Gasteiger charge is 2.23. The van der Waals surface area contributed by atoms with Crippen LogP contribution in [-0.4, -0.2) is 31.0 Å². The molecule has 1 aromatic carbocycles. The molecule has 128 valence electrons. The molecule has 0 bridgehead atoms. The van der Waals surface area contributed by atoms with Crippen LogP contribution in [0.5, 0.6) is 0 Å². The Bertz CT molecular complexity index is 905. The first-order valence-electron chi connectivity index (χ1n) is 8.36. The van der Waals surface area contributed by atoms with Crippen molar-refractivity contribution in [2.75, 3.05) is 0 Å². The average molecular weight is 338 g/mol. The standard InChI is InChI=1S/C18H18N4O3/c1-11-15(18(23)24)10-22(20-11)14-8-6-12(7-9-14)16-19-17(25-21-16)13-4-2-3-5-13/h6-10,13H,2-5H2,1H3,(H,23,24). The Morgan fingerprint density at radius 2 is 1.96 bits per heavy atom. The van der Waals surface area contributed by atoms with Crippen molar-refractivity contribution in [3.05, 3.63) is 47.6 Å². The van der Waals surface area contributed by atoms with Gasteiger partial charge in [0.15, 0.2) is 0 Å². The Hall–Kier alpha value is -2.96. The van der Waals surface area contributed by atoms with E-state index in [1.807, 2.05) is 24.3 Å². The lowest BCUT2D eigenvalue weighted by Crippen LogP contribution is -1.96. The third-order valence-corrected chi connectivity index (χ3v) is 4.67. The van der Waals surface area contributed by atoms with E-state index >= 15 is 0 Å². The first-order valence-corrected chi connectivity index (χ1v) is 8.36. The summed E-state index contributed by atoms with van der Waals surface area (Å²) in [6.07, 6.45) is 6.19. The van der Waals surface area contributed by atoms with E-state index in [0.29, 0.717) is 17.4 Å². The molecule has 3 aromatic rings. The van der Waals surface area contributed by atoms with Gasteiger partial charge in [-0.15, -0.1) is 0 Å². The van der Waals surface area contributed by atoms with E-state index in [4.69, 9.17) is 9.63 Å². The smallest absolute Gasteiger partial charge is 0.339 e. The van der Waals surface area contributed by atoms with Crippen LogP contribution in [0.1, 0.15) is 53.5 Å². The van der Waals surface area contributed by atoms with Crippen LogP contribution >= 0.6 is 0 Å². The van der Waals surface area contributed by atoms with Crippen LogP contribution in [0.3, 0.4) is 0 Å². The summed E-state index contributed by atoms with van der Waals surface area (Å²) in [5.41, 5.74) is 2.32. The molecular formula is C18H18N4O3. The minimum atomic E-state index is -0.980. The molecule has 1 aliphatic carbocycles. The number of benzene rings is 1. The normalized spacial score (nSPS) is 14.9. The number of aromatic carboxylic acids is 1. The summed E-state index contributed by atoms with van der Waals surface area (Å²) in [5.74, 6) is 0.718. The second kappa shape index (κ2) is 6.16. The van der Waals surface area contributed by atoms with Crippen LogP contribution in [0, 0.1) is 6.92 Å². The van der Waals surface area contributed by atoms with Crippen LogP contribution < -0.4 is 0 Å². The van der Waals surface area contributed by atoms with Crippen LogP contribution in [0.2, 0.25) is 0 Å². The van der Waals surface area contributed by atoms with E-state index < -0.39 is 5.97 Å². The van der Waals surface area contributed by atoms with E-state index in [2.05, 4.69) is 15.2 Å². The Labute approximate surface area is 144 Å². The molecule has 1 fully saturated rings. The summed E-state index contributed by atoms with van der Waals surface area (Å²) < 4.78 is 6.98. The number of hydrogen-bond acceptors (Lipinski definition) is 5. The lowest BCUT2D eigenvalue weighted by molar-refractivity contribution is 0.0696. The van der Waals surface area contributed by atoms with Crippen LogP contribution in [0.25, 0.3) is 17.1 Å². The highest BCUT2D eigenvalue weighted by molar-refractivity contribution is 5.88. The second-order valence-electron chi connectivity index (χ2n) is 6.36. The number of aromatic nitrogens is 4. The van der Waals surface area contributed by atoms with Crippen molar-refractivity contribution >= 4 is 5.97 Å². The van der Waals surface area contributed by atoms with E-state index in [0.717, 1.165) is 30.0 Å². The number of carbonyl (C=O) groups is 1. The first kappa shape index (κ1) is 15.6. The summed E-state index contributed by atoms with van der Waals surface area (Å²) in [4.78, 5) is 15.7. The van der Waals surface area contributed by atoms with Gasteiger partial charge in [-0.1, -0.05) is 18.0 Å². The number of carboxylic acid groups (broad SMARTS) is 1. The number of hydrogen-bond donors (Lipinski definition) is 1. The molecule has 0 aliphatic heterocycles. The first-order chi connectivity index (χ1) is 12.1.